The van der Waals surface area contributed by atoms with Crippen LogP contribution in [-0.2, 0) is 10.5 Å². The maximum absolute atomic E-state index is 11.8. The average molecular weight is 316 g/mol. The fraction of sp³-hybridized carbons (Fsp3) is 0.417. The Morgan fingerprint density at radius 1 is 1.40 bits per heavy atom. The van der Waals surface area contributed by atoms with E-state index in [-0.39, 0.29) is 18.1 Å². The molecule has 1 aromatic carbocycles. The number of hydrazine groups is 3. The Balaban J connectivity index is 1.68. The number of nitrogens with one attached hydrogen (secondary N) is 5. The van der Waals surface area contributed by atoms with Crippen LogP contribution in [0.3, 0.4) is 0 Å². The van der Waals surface area contributed by atoms with Crippen molar-refractivity contribution in [1.82, 2.24) is 27.2 Å². The SMILES string of the molecule is CC(NC(=O)CSCc1ccccc1Cl)C1NNNN1. The van der Waals surface area contributed by atoms with Gasteiger partial charge in [-0.2, -0.15) is 11.1 Å². The number of thioether (sulfide) groups is 1. The van der Waals surface area contributed by atoms with Crippen LogP contribution in [0.5, 0.6) is 0 Å². The monoisotopic (exact) mass is 315 g/mol. The van der Waals surface area contributed by atoms with Crippen LogP contribution in [-0.4, -0.2) is 23.9 Å². The number of benzene rings is 1. The van der Waals surface area contributed by atoms with E-state index in [2.05, 4.69) is 27.2 Å². The standard InChI is InChI=1S/C12H18ClN5OS/c1-8(12-15-17-18-16-12)14-11(19)7-20-6-9-4-2-3-5-10(9)13/h2-5,8,12,15-18H,6-7H2,1H3,(H,14,19). The molecule has 0 aliphatic carbocycles. The molecule has 0 aromatic heterocycles. The molecule has 1 atom stereocenters. The van der Waals surface area contributed by atoms with Crippen molar-refractivity contribution in [2.24, 2.45) is 0 Å². The number of amides is 1. The zero-order valence-corrected chi connectivity index (χ0v) is 12.6. The van der Waals surface area contributed by atoms with Crippen LogP contribution in [0.1, 0.15) is 12.5 Å². The molecular formula is C12H18ClN5OS. The Morgan fingerprint density at radius 3 is 2.80 bits per heavy atom. The lowest BCUT2D eigenvalue weighted by Gasteiger charge is -2.19. The van der Waals surface area contributed by atoms with Gasteiger partial charge in [-0.1, -0.05) is 29.8 Å². The topological polar surface area (TPSA) is 77.2 Å². The van der Waals surface area contributed by atoms with Gasteiger partial charge in [0.25, 0.3) is 0 Å². The third-order valence-corrected chi connectivity index (χ3v) is 4.21. The Hall–Kier alpha value is -0.830. The van der Waals surface area contributed by atoms with E-state index in [1.807, 2.05) is 31.2 Å². The molecule has 1 amide bonds. The van der Waals surface area contributed by atoms with E-state index in [9.17, 15) is 4.79 Å². The maximum atomic E-state index is 11.8. The minimum atomic E-state index is -0.0486. The molecule has 1 unspecified atom stereocenters. The van der Waals surface area contributed by atoms with Crippen LogP contribution in [0.15, 0.2) is 24.3 Å². The summed E-state index contributed by atoms with van der Waals surface area (Å²) in [5.74, 6) is 1.14. The van der Waals surface area contributed by atoms with Gasteiger partial charge in [-0.15, -0.1) is 11.8 Å². The van der Waals surface area contributed by atoms with Gasteiger partial charge in [-0.3, -0.25) is 4.79 Å². The largest absolute Gasteiger partial charge is 0.350 e. The maximum Gasteiger partial charge on any atom is 0.230 e. The van der Waals surface area contributed by atoms with E-state index >= 15 is 0 Å². The number of hydrogen-bond donors (Lipinski definition) is 5. The predicted octanol–water partition coefficient (Wildman–Crippen LogP) is 0.521. The molecule has 0 bridgehead atoms. The highest BCUT2D eigenvalue weighted by Crippen LogP contribution is 2.20. The summed E-state index contributed by atoms with van der Waals surface area (Å²) in [6.45, 7) is 1.93. The summed E-state index contributed by atoms with van der Waals surface area (Å²) in [5, 5.41) is 3.67. The highest BCUT2D eigenvalue weighted by Gasteiger charge is 2.21. The summed E-state index contributed by atoms with van der Waals surface area (Å²) in [7, 11) is 0. The molecule has 0 spiro atoms. The quantitative estimate of drug-likeness (QED) is 0.527. The van der Waals surface area contributed by atoms with E-state index in [0.29, 0.717) is 5.75 Å². The fourth-order valence-electron chi connectivity index (χ4n) is 1.76. The van der Waals surface area contributed by atoms with Gasteiger partial charge < -0.3 is 5.32 Å². The molecule has 0 saturated carbocycles. The smallest absolute Gasteiger partial charge is 0.230 e. The van der Waals surface area contributed by atoms with Crippen LogP contribution in [0.25, 0.3) is 0 Å². The summed E-state index contributed by atoms with van der Waals surface area (Å²) in [6.07, 6.45) is -0.0486. The van der Waals surface area contributed by atoms with E-state index in [0.717, 1.165) is 16.3 Å². The molecule has 8 heteroatoms. The normalized spacial score (nSPS) is 17.1. The second kappa shape index (κ2) is 7.82. The van der Waals surface area contributed by atoms with Crippen molar-refractivity contribution in [1.29, 1.82) is 0 Å². The van der Waals surface area contributed by atoms with E-state index in [4.69, 9.17) is 11.6 Å². The van der Waals surface area contributed by atoms with Gasteiger partial charge in [-0.25, -0.2) is 10.9 Å². The van der Waals surface area contributed by atoms with Crippen molar-refractivity contribution in [3.8, 4) is 0 Å². The van der Waals surface area contributed by atoms with Crippen molar-refractivity contribution in [2.45, 2.75) is 24.9 Å². The van der Waals surface area contributed by atoms with Gasteiger partial charge in [0, 0.05) is 10.8 Å². The number of rotatable bonds is 6. The first-order valence-electron chi connectivity index (χ1n) is 6.28. The van der Waals surface area contributed by atoms with Crippen LogP contribution < -0.4 is 27.2 Å². The van der Waals surface area contributed by atoms with Crippen LogP contribution >= 0.6 is 23.4 Å². The minimum Gasteiger partial charge on any atom is -0.350 e. The van der Waals surface area contributed by atoms with Gasteiger partial charge in [0.1, 0.15) is 6.17 Å². The molecule has 110 valence electrons. The third kappa shape index (κ3) is 4.62. The van der Waals surface area contributed by atoms with Crippen LogP contribution in [0.2, 0.25) is 5.02 Å². The molecule has 1 aliphatic heterocycles. The molecule has 1 fully saturated rings. The second-order valence-corrected chi connectivity index (χ2v) is 5.85. The molecule has 2 rings (SSSR count). The van der Waals surface area contributed by atoms with Crippen molar-refractivity contribution in [3.05, 3.63) is 34.9 Å². The van der Waals surface area contributed by atoms with Crippen molar-refractivity contribution < 1.29 is 4.79 Å². The summed E-state index contributed by atoms with van der Waals surface area (Å²) >= 11 is 7.61. The highest BCUT2D eigenvalue weighted by molar-refractivity contribution is 7.99. The van der Waals surface area contributed by atoms with Crippen LogP contribution in [0, 0.1) is 0 Å². The Labute approximate surface area is 127 Å². The molecule has 1 aromatic rings. The molecule has 1 saturated heterocycles. The van der Waals surface area contributed by atoms with Gasteiger partial charge in [0.2, 0.25) is 5.91 Å². The van der Waals surface area contributed by atoms with Crippen molar-refractivity contribution >= 4 is 29.3 Å². The van der Waals surface area contributed by atoms with Crippen LogP contribution in [0.4, 0.5) is 0 Å². The molecule has 1 aliphatic rings. The third-order valence-electron chi connectivity index (χ3n) is 2.86. The Kier molecular flexibility index (Phi) is 6.08. The summed E-state index contributed by atoms with van der Waals surface area (Å²) in [5.41, 5.74) is 12.4. The first-order valence-corrected chi connectivity index (χ1v) is 7.81. The number of hydrogen-bond acceptors (Lipinski definition) is 6. The van der Waals surface area contributed by atoms with Gasteiger partial charge >= 0.3 is 0 Å². The molecular weight excluding hydrogens is 298 g/mol. The van der Waals surface area contributed by atoms with E-state index in [1.165, 1.54) is 0 Å². The minimum absolute atomic E-state index is 0.00468. The first-order chi connectivity index (χ1) is 9.66. The van der Waals surface area contributed by atoms with E-state index in [1.54, 1.807) is 11.8 Å². The summed E-state index contributed by atoms with van der Waals surface area (Å²) in [6, 6.07) is 7.64. The predicted molar refractivity (Wildman–Crippen MR) is 81.5 cm³/mol. The second-order valence-electron chi connectivity index (χ2n) is 4.46. The number of carbonyl (C=O) groups excluding carboxylic acids is 1. The summed E-state index contributed by atoms with van der Waals surface area (Å²) < 4.78 is 0. The van der Waals surface area contributed by atoms with Gasteiger partial charge in [0.05, 0.1) is 11.8 Å². The summed E-state index contributed by atoms with van der Waals surface area (Å²) in [4.78, 5) is 11.8. The zero-order valence-electron chi connectivity index (χ0n) is 11.1. The zero-order chi connectivity index (χ0) is 14.4. The molecule has 0 radical (unpaired) electrons. The lowest BCUT2D eigenvalue weighted by atomic mass is 10.2. The molecule has 5 N–H and O–H groups in total. The fourth-order valence-corrected chi connectivity index (χ4v) is 2.89. The average Bonchev–Trinajstić information content (AvgIpc) is 2.95. The molecule has 6 nitrogen and oxygen atoms in total. The van der Waals surface area contributed by atoms with Crippen molar-refractivity contribution in [2.75, 3.05) is 5.75 Å². The molecule has 1 heterocycles. The van der Waals surface area contributed by atoms with Crippen molar-refractivity contribution in [3.63, 3.8) is 0 Å². The number of halogens is 1. The Morgan fingerprint density at radius 2 is 2.10 bits per heavy atom. The first kappa shape index (κ1) is 15.6. The lowest BCUT2D eigenvalue weighted by molar-refractivity contribution is -0.119. The lowest BCUT2D eigenvalue weighted by Crippen LogP contribution is -2.52. The number of carbonyl (C=O) groups is 1. The highest BCUT2D eigenvalue weighted by atomic mass is 35.5. The van der Waals surface area contributed by atoms with Gasteiger partial charge in [0.15, 0.2) is 0 Å². The van der Waals surface area contributed by atoms with Gasteiger partial charge in [-0.05, 0) is 18.6 Å². The Bertz CT molecular complexity index is 455. The molecule has 20 heavy (non-hydrogen) atoms. The van der Waals surface area contributed by atoms with E-state index < -0.39 is 0 Å².